The molecule has 1 N–H and O–H groups in total. The second-order valence-electron chi connectivity index (χ2n) is 6.28. The predicted molar refractivity (Wildman–Crippen MR) is 82.4 cm³/mol. The van der Waals surface area contributed by atoms with Crippen LogP contribution in [0, 0.1) is 12.8 Å². The molecular formula is C17H28N2. The van der Waals surface area contributed by atoms with E-state index in [4.69, 9.17) is 0 Å². The van der Waals surface area contributed by atoms with Crippen molar-refractivity contribution in [1.82, 2.24) is 10.2 Å². The average Bonchev–Trinajstić information content (AvgIpc) is 2.86. The van der Waals surface area contributed by atoms with Crippen molar-refractivity contribution in [3.8, 4) is 0 Å². The first-order valence-electron chi connectivity index (χ1n) is 7.60. The lowest BCUT2D eigenvalue weighted by Crippen LogP contribution is -2.31. The van der Waals surface area contributed by atoms with Crippen LogP contribution in [-0.4, -0.2) is 30.6 Å². The first-order chi connectivity index (χ1) is 9.06. The Morgan fingerprint density at radius 3 is 2.47 bits per heavy atom. The van der Waals surface area contributed by atoms with Gasteiger partial charge in [0.25, 0.3) is 0 Å². The van der Waals surface area contributed by atoms with Gasteiger partial charge in [0.05, 0.1) is 0 Å². The van der Waals surface area contributed by atoms with Crippen molar-refractivity contribution in [2.75, 3.05) is 19.6 Å². The number of hydrogen-bond donors (Lipinski definition) is 1. The van der Waals surface area contributed by atoms with Gasteiger partial charge in [0.15, 0.2) is 0 Å². The molecule has 1 aromatic rings. The topological polar surface area (TPSA) is 15.3 Å². The maximum atomic E-state index is 3.69. The molecule has 2 heteroatoms. The van der Waals surface area contributed by atoms with E-state index in [1.54, 1.807) is 0 Å². The van der Waals surface area contributed by atoms with E-state index in [1.165, 1.54) is 30.6 Å². The molecule has 0 aliphatic carbocycles. The molecule has 0 saturated carbocycles. The molecule has 1 aromatic carbocycles. The second-order valence-corrected chi connectivity index (χ2v) is 6.28. The zero-order chi connectivity index (χ0) is 13.8. The van der Waals surface area contributed by atoms with Gasteiger partial charge in [-0.1, -0.05) is 29.8 Å². The van der Waals surface area contributed by atoms with E-state index in [0.29, 0.717) is 12.1 Å². The summed E-state index contributed by atoms with van der Waals surface area (Å²) in [5.74, 6) is 0.815. The molecule has 19 heavy (non-hydrogen) atoms. The summed E-state index contributed by atoms with van der Waals surface area (Å²) in [7, 11) is 0. The molecular weight excluding hydrogens is 232 g/mol. The summed E-state index contributed by atoms with van der Waals surface area (Å²) in [5, 5.41) is 3.69. The number of rotatable bonds is 5. The van der Waals surface area contributed by atoms with E-state index in [0.717, 1.165) is 12.5 Å². The fraction of sp³-hybridized carbons (Fsp3) is 0.647. The number of hydrogen-bond acceptors (Lipinski definition) is 2. The molecule has 2 unspecified atom stereocenters. The largest absolute Gasteiger partial charge is 0.310 e. The highest BCUT2D eigenvalue weighted by atomic mass is 15.2. The van der Waals surface area contributed by atoms with Crippen LogP contribution in [0.25, 0.3) is 0 Å². The molecule has 2 nitrogen and oxygen atoms in total. The van der Waals surface area contributed by atoms with E-state index in [1.807, 2.05) is 0 Å². The Morgan fingerprint density at radius 2 is 1.89 bits per heavy atom. The van der Waals surface area contributed by atoms with Crippen molar-refractivity contribution in [3.05, 3.63) is 35.4 Å². The molecule has 2 atom stereocenters. The first-order valence-corrected chi connectivity index (χ1v) is 7.60. The van der Waals surface area contributed by atoms with Crippen LogP contribution in [0.15, 0.2) is 24.3 Å². The van der Waals surface area contributed by atoms with E-state index < -0.39 is 0 Å². The SMILES string of the molecule is Cc1ccc(C(C)NCC2CCN(C(C)C)C2)cc1. The fourth-order valence-electron chi connectivity index (χ4n) is 2.81. The van der Waals surface area contributed by atoms with Crippen molar-refractivity contribution in [1.29, 1.82) is 0 Å². The lowest BCUT2D eigenvalue weighted by Gasteiger charge is -2.21. The summed E-state index contributed by atoms with van der Waals surface area (Å²) in [6.45, 7) is 12.7. The summed E-state index contributed by atoms with van der Waals surface area (Å²) in [6, 6.07) is 10.0. The van der Waals surface area contributed by atoms with Gasteiger partial charge in [0.1, 0.15) is 0 Å². The van der Waals surface area contributed by atoms with Gasteiger partial charge in [-0.15, -0.1) is 0 Å². The van der Waals surface area contributed by atoms with E-state index in [2.05, 4.69) is 62.2 Å². The zero-order valence-electron chi connectivity index (χ0n) is 12.8. The third-order valence-electron chi connectivity index (χ3n) is 4.34. The Balaban J connectivity index is 1.78. The van der Waals surface area contributed by atoms with Gasteiger partial charge in [-0.3, -0.25) is 0 Å². The van der Waals surface area contributed by atoms with E-state index in [9.17, 15) is 0 Å². The van der Waals surface area contributed by atoms with Crippen LogP contribution >= 0.6 is 0 Å². The van der Waals surface area contributed by atoms with Crippen LogP contribution in [0.3, 0.4) is 0 Å². The van der Waals surface area contributed by atoms with E-state index in [-0.39, 0.29) is 0 Å². The van der Waals surface area contributed by atoms with Crippen molar-refractivity contribution >= 4 is 0 Å². The number of nitrogens with zero attached hydrogens (tertiary/aromatic N) is 1. The van der Waals surface area contributed by atoms with Crippen molar-refractivity contribution < 1.29 is 0 Å². The molecule has 0 bridgehead atoms. The molecule has 1 aliphatic rings. The lowest BCUT2D eigenvalue weighted by atomic mass is 10.0. The van der Waals surface area contributed by atoms with E-state index >= 15 is 0 Å². The second kappa shape index (κ2) is 6.53. The third-order valence-corrected chi connectivity index (χ3v) is 4.34. The summed E-state index contributed by atoms with van der Waals surface area (Å²) in [5.41, 5.74) is 2.73. The third kappa shape index (κ3) is 4.05. The van der Waals surface area contributed by atoms with Crippen LogP contribution in [0.1, 0.15) is 44.4 Å². The first kappa shape index (κ1) is 14.5. The van der Waals surface area contributed by atoms with Crippen LogP contribution in [0.2, 0.25) is 0 Å². The minimum Gasteiger partial charge on any atom is -0.310 e. The average molecular weight is 260 g/mol. The smallest absolute Gasteiger partial charge is 0.0291 e. The molecule has 1 saturated heterocycles. The predicted octanol–water partition coefficient (Wildman–Crippen LogP) is 3.38. The standard InChI is InChI=1S/C17H28N2/c1-13(2)19-10-9-16(12-19)11-18-15(4)17-7-5-14(3)6-8-17/h5-8,13,15-16,18H,9-12H2,1-4H3. The number of likely N-dealkylation sites (tertiary alicyclic amines) is 1. The van der Waals surface area contributed by atoms with Crippen LogP contribution in [0.4, 0.5) is 0 Å². The Hall–Kier alpha value is -0.860. The Morgan fingerprint density at radius 1 is 1.21 bits per heavy atom. The highest BCUT2D eigenvalue weighted by molar-refractivity contribution is 5.23. The molecule has 0 radical (unpaired) electrons. The summed E-state index contributed by atoms with van der Waals surface area (Å²) in [6.07, 6.45) is 1.34. The summed E-state index contributed by atoms with van der Waals surface area (Å²) < 4.78 is 0. The Kier molecular flexibility index (Phi) is 5.00. The molecule has 0 amide bonds. The molecule has 1 fully saturated rings. The quantitative estimate of drug-likeness (QED) is 0.873. The van der Waals surface area contributed by atoms with Gasteiger partial charge >= 0.3 is 0 Å². The fourth-order valence-corrected chi connectivity index (χ4v) is 2.81. The maximum Gasteiger partial charge on any atom is 0.0291 e. The summed E-state index contributed by atoms with van der Waals surface area (Å²) >= 11 is 0. The normalized spacial score (nSPS) is 22.1. The highest BCUT2D eigenvalue weighted by Gasteiger charge is 2.24. The lowest BCUT2D eigenvalue weighted by molar-refractivity contribution is 0.263. The molecule has 1 heterocycles. The highest BCUT2D eigenvalue weighted by Crippen LogP contribution is 2.19. The van der Waals surface area contributed by atoms with Gasteiger partial charge in [-0.2, -0.15) is 0 Å². The Bertz CT molecular complexity index is 383. The van der Waals surface area contributed by atoms with Gasteiger partial charge in [-0.05, 0) is 58.7 Å². The monoisotopic (exact) mass is 260 g/mol. The zero-order valence-corrected chi connectivity index (χ0v) is 12.8. The number of aryl methyl sites for hydroxylation is 1. The van der Waals surface area contributed by atoms with Crippen LogP contribution in [0.5, 0.6) is 0 Å². The molecule has 2 rings (SSSR count). The van der Waals surface area contributed by atoms with Crippen molar-refractivity contribution in [3.63, 3.8) is 0 Å². The van der Waals surface area contributed by atoms with Crippen LogP contribution < -0.4 is 5.32 Å². The van der Waals surface area contributed by atoms with Crippen molar-refractivity contribution in [2.45, 2.75) is 46.2 Å². The van der Waals surface area contributed by atoms with Gasteiger partial charge in [0, 0.05) is 18.6 Å². The maximum absolute atomic E-state index is 3.69. The van der Waals surface area contributed by atoms with Gasteiger partial charge < -0.3 is 10.2 Å². The number of nitrogens with one attached hydrogen (secondary N) is 1. The van der Waals surface area contributed by atoms with Gasteiger partial charge in [0.2, 0.25) is 0 Å². The molecule has 0 aromatic heterocycles. The summed E-state index contributed by atoms with van der Waals surface area (Å²) in [4.78, 5) is 2.59. The molecule has 0 spiro atoms. The van der Waals surface area contributed by atoms with Crippen molar-refractivity contribution in [2.24, 2.45) is 5.92 Å². The molecule has 106 valence electrons. The molecule has 1 aliphatic heterocycles. The Labute approximate surface area is 118 Å². The van der Waals surface area contributed by atoms with Gasteiger partial charge in [-0.25, -0.2) is 0 Å². The minimum atomic E-state index is 0.452. The number of benzene rings is 1. The van der Waals surface area contributed by atoms with Crippen LogP contribution in [-0.2, 0) is 0 Å². The minimum absolute atomic E-state index is 0.452.